The molecule has 0 spiro atoms. The molecule has 3 aromatic carbocycles. The van der Waals surface area contributed by atoms with Crippen LogP contribution >= 0.6 is 0 Å². The van der Waals surface area contributed by atoms with Gasteiger partial charge in [0.1, 0.15) is 5.82 Å². The number of para-hydroxylation sites is 3. The third kappa shape index (κ3) is 5.56. The standard InChI is InChI=1S/C29H24F6N6/c30-28(31,32)26(29(33,34)35)18-8-10-19(11-9-18)27-38-23-6-3-7-24(25(23)39-27)41-14-12-40(13-15-41)17-20-16-36-21-4-1-2-5-22(21)37-20/h1-11,16,26H,12-15,17H2,(H,38,39). The van der Waals surface area contributed by atoms with Crippen molar-refractivity contribution in [1.82, 2.24) is 24.8 Å². The molecule has 1 N–H and O–H groups in total. The number of nitrogens with zero attached hydrogens (tertiary/aromatic N) is 5. The number of aromatic amines is 1. The van der Waals surface area contributed by atoms with Crippen molar-refractivity contribution in [3.05, 3.63) is 84.2 Å². The van der Waals surface area contributed by atoms with E-state index < -0.39 is 23.8 Å². The number of benzene rings is 3. The van der Waals surface area contributed by atoms with Gasteiger partial charge in [-0.3, -0.25) is 9.88 Å². The van der Waals surface area contributed by atoms with Gasteiger partial charge in [-0.1, -0.05) is 42.5 Å². The number of hydrogen-bond donors (Lipinski definition) is 1. The van der Waals surface area contributed by atoms with Gasteiger partial charge in [0.15, 0.2) is 5.92 Å². The largest absolute Gasteiger partial charge is 0.404 e. The van der Waals surface area contributed by atoms with Gasteiger partial charge in [0, 0.05) is 38.3 Å². The maximum atomic E-state index is 13.1. The van der Waals surface area contributed by atoms with E-state index in [-0.39, 0.29) is 0 Å². The van der Waals surface area contributed by atoms with Crippen LogP contribution in [-0.2, 0) is 6.54 Å². The Balaban J connectivity index is 1.17. The van der Waals surface area contributed by atoms with Gasteiger partial charge in [-0.25, -0.2) is 9.97 Å². The van der Waals surface area contributed by atoms with E-state index in [0.29, 0.717) is 23.4 Å². The minimum Gasteiger partial charge on any atom is -0.367 e. The van der Waals surface area contributed by atoms with Crippen molar-refractivity contribution < 1.29 is 26.3 Å². The number of aromatic nitrogens is 4. The van der Waals surface area contributed by atoms with E-state index in [2.05, 4.69) is 24.8 Å². The van der Waals surface area contributed by atoms with Crippen molar-refractivity contribution in [2.45, 2.75) is 24.8 Å². The summed E-state index contributed by atoms with van der Waals surface area (Å²) in [6.07, 6.45) is -9.08. The van der Waals surface area contributed by atoms with Crippen molar-refractivity contribution in [1.29, 1.82) is 0 Å². The average molecular weight is 571 g/mol. The summed E-state index contributed by atoms with van der Waals surface area (Å²) in [5.74, 6) is -3.18. The molecule has 0 unspecified atom stereocenters. The second-order valence-corrected chi connectivity index (χ2v) is 10.0. The quantitative estimate of drug-likeness (QED) is 0.238. The molecule has 0 saturated carbocycles. The second-order valence-electron chi connectivity index (χ2n) is 10.0. The normalized spacial score (nSPS) is 15.3. The molecule has 0 radical (unpaired) electrons. The fourth-order valence-electron chi connectivity index (χ4n) is 5.26. The lowest BCUT2D eigenvalue weighted by molar-refractivity contribution is -0.253. The van der Waals surface area contributed by atoms with Crippen molar-refractivity contribution in [2.75, 3.05) is 31.1 Å². The van der Waals surface area contributed by atoms with Crippen LogP contribution in [0.1, 0.15) is 17.2 Å². The molecule has 1 aliphatic rings. The lowest BCUT2D eigenvalue weighted by atomic mass is 9.96. The molecule has 1 aliphatic heterocycles. The van der Waals surface area contributed by atoms with Gasteiger partial charge in [0.2, 0.25) is 0 Å². The maximum absolute atomic E-state index is 13.1. The van der Waals surface area contributed by atoms with Gasteiger partial charge in [0.05, 0.1) is 39.6 Å². The summed E-state index contributed by atoms with van der Waals surface area (Å²) in [5, 5.41) is 0. The van der Waals surface area contributed by atoms with Crippen LogP contribution in [-0.4, -0.2) is 63.4 Å². The molecule has 1 saturated heterocycles. The highest BCUT2D eigenvalue weighted by Gasteiger charge is 2.57. The number of alkyl halides is 6. The van der Waals surface area contributed by atoms with Gasteiger partial charge >= 0.3 is 12.4 Å². The highest BCUT2D eigenvalue weighted by molar-refractivity contribution is 5.91. The SMILES string of the molecule is FC(F)(F)C(c1ccc(-c2nc3cccc(N4CCN(Cc5cnc6ccccc6n5)CC4)c3[nH]2)cc1)C(F)(F)F. The van der Waals surface area contributed by atoms with Crippen molar-refractivity contribution in [3.8, 4) is 11.4 Å². The van der Waals surface area contributed by atoms with Crippen LogP contribution in [0.3, 0.4) is 0 Å². The molecular weight excluding hydrogens is 546 g/mol. The Bertz CT molecular complexity index is 1660. The summed E-state index contributed by atoms with van der Waals surface area (Å²) in [6.45, 7) is 3.78. The zero-order valence-corrected chi connectivity index (χ0v) is 21.5. The first-order valence-corrected chi connectivity index (χ1v) is 13.0. The number of imidazole rings is 1. The predicted molar refractivity (Wildman–Crippen MR) is 143 cm³/mol. The Kier molecular flexibility index (Phi) is 6.80. The smallest absolute Gasteiger partial charge is 0.367 e. The van der Waals surface area contributed by atoms with Crippen LogP contribution in [0, 0.1) is 0 Å². The van der Waals surface area contributed by atoms with Crippen molar-refractivity contribution in [2.24, 2.45) is 0 Å². The van der Waals surface area contributed by atoms with E-state index in [0.717, 1.165) is 66.2 Å². The first-order valence-electron chi connectivity index (χ1n) is 13.0. The Morgan fingerprint density at radius 1 is 0.732 bits per heavy atom. The third-order valence-corrected chi connectivity index (χ3v) is 7.27. The molecule has 0 bridgehead atoms. The molecule has 1 fully saturated rings. The highest BCUT2D eigenvalue weighted by Crippen LogP contribution is 2.46. The van der Waals surface area contributed by atoms with E-state index >= 15 is 0 Å². The predicted octanol–water partition coefficient (Wildman–Crippen LogP) is 6.70. The summed E-state index contributed by atoms with van der Waals surface area (Å²) in [5.41, 5.74) is 4.48. The second kappa shape index (κ2) is 10.3. The molecule has 0 aliphatic carbocycles. The molecule has 2 aromatic heterocycles. The minimum absolute atomic E-state index is 0.364. The molecule has 0 amide bonds. The minimum atomic E-state index is -5.44. The van der Waals surface area contributed by atoms with Crippen LogP contribution in [0.25, 0.3) is 33.5 Å². The number of H-pyrrole nitrogens is 1. The van der Waals surface area contributed by atoms with E-state index in [4.69, 9.17) is 4.98 Å². The number of fused-ring (bicyclic) bond motifs is 2. The van der Waals surface area contributed by atoms with Gasteiger partial charge < -0.3 is 9.88 Å². The van der Waals surface area contributed by atoms with Crippen LogP contribution in [0.5, 0.6) is 0 Å². The average Bonchev–Trinajstić information content (AvgIpc) is 3.37. The fraction of sp³-hybridized carbons (Fsp3) is 0.276. The molecule has 0 atom stereocenters. The Morgan fingerprint density at radius 2 is 1.39 bits per heavy atom. The van der Waals surface area contributed by atoms with Crippen LogP contribution in [0.15, 0.2) is 72.9 Å². The van der Waals surface area contributed by atoms with Gasteiger partial charge in [0.25, 0.3) is 0 Å². The van der Waals surface area contributed by atoms with E-state index in [9.17, 15) is 26.3 Å². The Labute approximate surface area is 230 Å². The Hall–Kier alpha value is -4.19. The summed E-state index contributed by atoms with van der Waals surface area (Å²) < 4.78 is 78.7. The summed E-state index contributed by atoms with van der Waals surface area (Å²) in [6, 6.07) is 17.6. The van der Waals surface area contributed by atoms with Crippen molar-refractivity contribution in [3.63, 3.8) is 0 Å². The Morgan fingerprint density at radius 3 is 2.07 bits per heavy atom. The number of rotatable bonds is 5. The lowest BCUT2D eigenvalue weighted by Gasteiger charge is -2.36. The van der Waals surface area contributed by atoms with Crippen LogP contribution in [0.4, 0.5) is 32.0 Å². The van der Waals surface area contributed by atoms with Gasteiger partial charge in [-0.15, -0.1) is 0 Å². The number of anilines is 1. The maximum Gasteiger partial charge on any atom is 0.404 e. The first-order chi connectivity index (χ1) is 19.6. The molecule has 41 heavy (non-hydrogen) atoms. The molecule has 6 nitrogen and oxygen atoms in total. The fourth-order valence-corrected chi connectivity index (χ4v) is 5.26. The van der Waals surface area contributed by atoms with E-state index in [1.54, 1.807) is 6.20 Å². The number of hydrogen-bond acceptors (Lipinski definition) is 5. The number of piperazine rings is 1. The number of nitrogens with one attached hydrogen (secondary N) is 1. The summed E-state index contributed by atoms with van der Waals surface area (Å²) >= 11 is 0. The monoisotopic (exact) mass is 570 g/mol. The molecule has 5 aromatic rings. The molecule has 12 heteroatoms. The van der Waals surface area contributed by atoms with E-state index in [1.807, 2.05) is 42.5 Å². The van der Waals surface area contributed by atoms with E-state index in [1.165, 1.54) is 12.1 Å². The topological polar surface area (TPSA) is 60.9 Å². The number of halogens is 6. The molecular formula is C29H24F6N6. The molecule has 3 heterocycles. The van der Waals surface area contributed by atoms with Crippen LogP contribution in [0.2, 0.25) is 0 Å². The zero-order valence-electron chi connectivity index (χ0n) is 21.5. The first kappa shape index (κ1) is 27.0. The summed E-state index contributed by atoms with van der Waals surface area (Å²) in [4.78, 5) is 21.5. The van der Waals surface area contributed by atoms with Gasteiger partial charge in [-0.05, 0) is 29.8 Å². The van der Waals surface area contributed by atoms with Crippen molar-refractivity contribution >= 4 is 27.8 Å². The lowest BCUT2D eigenvalue weighted by Crippen LogP contribution is -2.46. The third-order valence-electron chi connectivity index (χ3n) is 7.27. The highest BCUT2D eigenvalue weighted by atomic mass is 19.4. The molecule has 6 rings (SSSR count). The zero-order chi connectivity index (χ0) is 28.8. The summed E-state index contributed by atoms with van der Waals surface area (Å²) in [7, 11) is 0. The van der Waals surface area contributed by atoms with Gasteiger partial charge in [-0.2, -0.15) is 26.3 Å². The molecule has 212 valence electrons. The van der Waals surface area contributed by atoms with Crippen LogP contribution < -0.4 is 4.90 Å².